The van der Waals surface area contributed by atoms with E-state index in [9.17, 15) is 18.0 Å². The number of nitrogens with one attached hydrogen (secondary N) is 2. The zero-order chi connectivity index (χ0) is 19.6. The van der Waals surface area contributed by atoms with Crippen molar-refractivity contribution in [3.63, 3.8) is 0 Å². The van der Waals surface area contributed by atoms with E-state index in [0.29, 0.717) is 24.5 Å². The van der Waals surface area contributed by atoms with Gasteiger partial charge in [-0.1, -0.05) is 0 Å². The number of carbonyl (C=O) groups excluding carboxylic acids is 1. The molecule has 0 atom stereocenters. The third-order valence-electron chi connectivity index (χ3n) is 4.52. The number of hydrogen-bond acceptors (Lipinski definition) is 6. The van der Waals surface area contributed by atoms with Crippen molar-refractivity contribution in [3.8, 4) is 0 Å². The number of alkyl halides is 3. The van der Waals surface area contributed by atoms with Crippen LogP contribution < -0.4 is 10.6 Å². The Balaban J connectivity index is 1.77. The van der Waals surface area contributed by atoms with Crippen molar-refractivity contribution in [2.75, 3.05) is 30.8 Å². The van der Waals surface area contributed by atoms with Crippen LogP contribution in [-0.2, 0) is 11.0 Å². The third-order valence-corrected chi connectivity index (χ3v) is 4.52. The van der Waals surface area contributed by atoms with Crippen LogP contribution >= 0.6 is 0 Å². The normalized spacial score (nSPS) is 15.7. The Morgan fingerprint density at radius 1 is 1.30 bits per heavy atom. The first-order valence-corrected chi connectivity index (χ1v) is 8.46. The molecule has 8 nitrogen and oxygen atoms in total. The van der Waals surface area contributed by atoms with Crippen LogP contribution in [0.1, 0.15) is 30.1 Å². The van der Waals surface area contributed by atoms with Crippen LogP contribution in [0, 0.1) is 6.92 Å². The molecule has 146 valence electrons. The van der Waals surface area contributed by atoms with Gasteiger partial charge in [-0.15, -0.1) is 0 Å². The number of anilines is 3. The van der Waals surface area contributed by atoms with Gasteiger partial charge in [-0.2, -0.15) is 23.3 Å². The smallest absolute Gasteiger partial charge is 0.372 e. The summed E-state index contributed by atoms with van der Waals surface area (Å²) >= 11 is 0. The second-order valence-electron chi connectivity index (χ2n) is 6.31. The van der Waals surface area contributed by atoms with Crippen molar-refractivity contribution in [2.45, 2.75) is 32.0 Å². The monoisotopic (exact) mass is 383 g/mol. The molecule has 11 heteroatoms. The maximum atomic E-state index is 12.9. The standard InChI is InChI=1S/C16H20F3N7O/c1-10-13(8-26(24-10)11-3-5-25(9-27)6-4-11)22-15-21-7-12(16(17,18)19)14(20-2)23-15/h7-9,11H,3-6H2,1-2H3,(H2,20,21,22,23). The van der Waals surface area contributed by atoms with Crippen molar-refractivity contribution in [3.05, 3.63) is 23.7 Å². The Kier molecular flexibility index (Phi) is 5.19. The molecule has 1 fully saturated rings. The maximum absolute atomic E-state index is 12.9. The first-order valence-electron chi connectivity index (χ1n) is 8.46. The van der Waals surface area contributed by atoms with Crippen molar-refractivity contribution in [1.29, 1.82) is 0 Å². The van der Waals surface area contributed by atoms with E-state index in [4.69, 9.17) is 0 Å². The highest BCUT2D eigenvalue weighted by Gasteiger charge is 2.35. The van der Waals surface area contributed by atoms with Gasteiger partial charge in [0.1, 0.15) is 11.4 Å². The quantitative estimate of drug-likeness (QED) is 0.772. The van der Waals surface area contributed by atoms with Gasteiger partial charge in [-0.3, -0.25) is 9.48 Å². The molecule has 3 rings (SSSR count). The van der Waals surface area contributed by atoms with Crippen molar-refractivity contribution in [2.24, 2.45) is 0 Å². The van der Waals surface area contributed by atoms with Crippen LogP contribution in [0.4, 0.5) is 30.6 Å². The fraction of sp³-hybridized carbons (Fsp3) is 0.500. The number of piperidine rings is 1. The van der Waals surface area contributed by atoms with Gasteiger partial charge in [-0.25, -0.2) is 4.98 Å². The minimum absolute atomic E-state index is 0.0470. The van der Waals surface area contributed by atoms with Gasteiger partial charge in [-0.05, 0) is 19.8 Å². The summed E-state index contributed by atoms with van der Waals surface area (Å²) in [5.74, 6) is -0.253. The maximum Gasteiger partial charge on any atom is 0.421 e. The average Bonchev–Trinajstić information content (AvgIpc) is 3.01. The number of nitrogens with zero attached hydrogens (tertiary/aromatic N) is 5. The van der Waals surface area contributed by atoms with E-state index in [-0.39, 0.29) is 17.8 Å². The van der Waals surface area contributed by atoms with Gasteiger partial charge in [0.25, 0.3) is 0 Å². The highest BCUT2D eigenvalue weighted by molar-refractivity contribution is 5.58. The Labute approximate surface area is 153 Å². The summed E-state index contributed by atoms with van der Waals surface area (Å²) in [5, 5.41) is 9.85. The number of aryl methyl sites for hydroxylation is 1. The van der Waals surface area contributed by atoms with E-state index < -0.39 is 11.7 Å². The Morgan fingerprint density at radius 2 is 2.00 bits per heavy atom. The molecule has 1 amide bonds. The van der Waals surface area contributed by atoms with Crippen LogP contribution in [0.25, 0.3) is 0 Å². The van der Waals surface area contributed by atoms with Gasteiger partial charge < -0.3 is 15.5 Å². The number of hydrogen-bond donors (Lipinski definition) is 2. The van der Waals surface area contributed by atoms with E-state index in [0.717, 1.165) is 25.4 Å². The van der Waals surface area contributed by atoms with Crippen LogP contribution in [-0.4, -0.2) is 51.2 Å². The Hall–Kier alpha value is -2.85. The van der Waals surface area contributed by atoms with E-state index >= 15 is 0 Å². The number of carbonyl (C=O) groups is 1. The topological polar surface area (TPSA) is 88.0 Å². The molecule has 2 aromatic rings. The SMILES string of the molecule is CNc1nc(Nc2cn(C3CCN(C=O)CC3)nc2C)ncc1C(F)(F)F. The molecular weight excluding hydrogens is 363 g/mol. The second kappa shape index (κ2) is 7.41. The highest BCUT2D eigenvalue weighted by atomic mass is 19.4. The minimum atomic E-state index is -4.53. The second-order valence-corrected chi connectivity index (χ2v) is 6.31. The molecule has 0 radical (unpaired) electrons. The molecular formula is C16H20F3N7O. The molecule has 1 aliphatic heterocycles. The van der Waals surface area contributed by atoms with Gasteiger partial charge in [0.2, 0.25) is 12.4 Å². The Bertz CT molecular complexity index is 813. The van der Waals surface area contributed by atoms with E-state index in [1.165, 1.54) is 7.05 Å². The van der Waals surface area contributed by atoms with Crippen molar-refractivity contribution >= 4 is 23.9 Å². The van der Waals surface area contributed by atoms with Gasteiger partial charge in [0.15, 0.2) is 0 Å². The van der Waals surface area contributed by atoms with Crippen molar-refractivity contribution < 1.29 is 18.0 Å². The summed E-state index contributed by atoms with van der Waals surface area (Å²) in [6, 6.07) is 0.164. The van der Waals surface area contributed by atoms with E-state index in [2.05, 4.69) is 25.7 Å². The van der Waals surface area contributed by atoms with Gasteiger partial charge in [0, 0.05) is 32.5 Å². The molecule has 0 aromatic carbocycles. The lowest BCUT2D eigenvalue weighted by molar-refractivity contribution is -0.137. The molecule has 0 bridgehead atoms. The first kappa shape index (κ1) is 18.9. The fourth-order valence-corrected chi connectivity index (χ4v) is 3.01. The molecule has 0 spiro atoms. The summed E-state index contributed by atoms with van der Waals surface area (Å²) in [6.07, 6.45) is 0.430. The van der Waals surface area contributed by atoms with Crippen LogP contribution in [0.2, 0.25) is 0 Å². The van der Waals surface area contributed by atoms with Crippen LogP contribution in [0.3, 0.4) is 0 Å². The summed E-state index contributed by atoms with van der Waals surface area (Å²) < 4.78 is 40.6. The lowest BCUT2D eigenvalue weighted by atomic mass is 10.1. The lowest BCUT2D eigenvalue weighted by Crippen LogP contribution is -2.33. The van der Waals surface area contributed by atoms with Crippen LogP contribution in [0.15, 0.2) is 12.4 Å². The first-order chi connectivity index (χ1) is 12.8. The molecule has 0 saturated carbocycles. The summed E-state index contributed by atoms with van der Waals surface area (Å²) in [7, 11) is 1.37. The van der Waals surface area contributed by atoms with Crippen molar-refractivity contribution in [1.82, 2.24) is 24.6 Å². The van der Waals surface area contributed by atoms with E-state index in [1.54, 1.807) is 18.0 Å². The molecule has 3 heterocycles. The molecule has 1 aliphatic rings. The van der Waals surface area contributed by atoms with Gasteiger partial charge >= 0.3 is 6.18 Å². The Morgan fingerprint density at radius 3 is 2.59 bits per heavy atom. The van der Waals surface area contributed by atoms with Crippen LogP contribution in [0.5, 0.6) is 0 Å². The predicted octanol–water partition coefficient (Wildman–Crippen LogP) is 2.58. The zero-order valence-corrected chi connectivity index (χ0v) is 14.9. The number of likely N-dealkylation sites (tertiary alicyclic amines) is 1. The predicted molar refractivity (Wildman–Crippen MR) is 92.7 cm³/mol. The average molecular weight is 383 g/mol. The minimum Gasteiger partial charge on any atom is -0.372 e. The number of rotatable bonds is 5. The fourth-order valence-electron chi connectivity index (χ4n) is 3.01. The highest BCUT2D eigenvalue weighted by Crippen LogP contribution is 2.34. The summed E-state index contributed by atoms with van der Waals surface area (Å²) in [4.78, 5) is 20.2. The summed E-state index contributed by atoms with van der Waals surface area (Å²) in [5.41, 5.74) is 0.377. The third kappa shape index (κ3) is 4.12. The lowest BCUT2D eigenvalue weighted by Gasteiger charge is -2.29. The van der Waals surface area contributed by atoms with Gasteiger partial charge in [0.05, 0.1) is 17.4 Å². The molecule has 1 saturated heterocycles. The molecule has 2 N–H and O–H groups in total. The van der Waals surface area contributed by atoms with E-state index in [1.807, 2.05) is 4.68 Å². The summed E-state index contributed by atoms with van der Waals surface area (Å²) in [6.45, 7) is 3.13. The largest absolute Gasteiger partial charge is 0.421 e. The molecule has 0 aliphatic carbocycles. The molecule has 0 unspecified atom stereocenters. The zero-order valence-electron chi connectivity index (χ0n) is 14.9. The number of amides is 1. The number of halogens is 3. The molecule has 2 aromatic heterocycles. The number of aromatic nitrogens is 4. The molecule has 27 heavy (non-hydrogen) atoms.